The van der Waals surface area contributed by atoms with E-state index in [1.54, 1.807) is 16.8 Å². The highest BCUT2D eigenvalue weighted by molar-refractivity contribution is 5.98. The van der Waals surface area contributed by atoms with E-state index in [0.717, 1.165) is 24.1 Å². The number of aromatic nitrogens is 3. The predicted octanol–water partition coefficient (Wildman–Crippen LogP) is 7.58. The Morgan fingerprint density at radius 1 is 1.21 bits per heavy atom. The molecule has 1 atom stereocenters. The van der Waals surface area contributed by atoms with Gasteiger partial charge in [0.15, 0.2) is 11.6 Å². The number of methoxy groups -OCH3 is 1. The second-order valence-corrected chi connectivity index (χ2v) is 8.20. The van der Waals surface area contributed by atoms with Crippen molar-refractivity contribution in [3.05, 3.63) is 84.4 Å². The number of nitrogen functional groups attached to an aromatic ring is 1. The topological polar surface area (TPSA) is 107 Å². The summed E-state index contributed by atoms with van der Waals surface area (Å²) in [6.45, 7) is 14.6. The van der Waals surface area contributed by atoms with E-state index in [1.165, 1.54) is 33.5 Å². The standard InChI is InChI=1S/C20H27FN6O2.C6H10.C2H3F3.C2H6/c1-5-7-15(26-20(29-4)23-10-13(2)21)8-6-9-16-17(14(3)28)11-27-18(16)19(22)24-12-25-27;1-3-5-6-4-2;1-2(3,4)5;1-2/h6-8,10-12,20,23,26H,5,9H2,1-4H3,(H2,22,24,25);3,5-6H,1,4H2,2H3;1H3;1-2H3/b8-6-,13-10-,15-7+;6-5-;;. The molecule has 0 spiro atoms. The van der Waals surface area contributed by atoms with Crippen molar-refractivity contribution in [1.82, 2.24) is 25.2 Å². The number of ether oxygens (including phenoxy) is 1. The molecule has 0 aliphatic rings. The van der Waals surface area contributed by atoms with Gasteiger partial charge >= 0.3 is 6.18 Å². The zero-order valence-electron chi connectivity index (χ0n) is 25.8. The number of nitrogens with zero attached hydrogens (tertiary/aromatic N) is 3. The molecule has 0 bridgehead atoms. The maximum atomic E-state index is 12.9. The summed E-state index contributed by atoms with van der Waals surface area (Å²) in [4.78, 5) is 16.1. The fourth-order valence-electron chi connectivity index (χ4n) is 3.05. The fourth-order valence-corrected chi connectivity index (χ4v) is 3.05. The minimum Gasteiger partial charge on any atom is -0.382 e. The summed E-state index contributed by atoms with van der Waals surface area (Å²) in [6.07, 6.45) is 13.5. The maximum Gasteiger partial charge on any atom is 0.386 e. The third kappa shape index (κ3) is 18.4. The smallest absolute Gasteiger partial charge is 0.382 e. The van der Waals surface area contributed by atoms with Gasteiger partial charge in [0.2, 0.25) is 6.35 Å². The lowest BCUT2D eigenvalue weighted by atomic mass is 10.1. The summed E-state index contributed by atoms with van der Waals surface area (Å²) < 4.78 is 50.8. The number of hydrogen-bond donors (Lipinski definition) is 3. The Kier molecular flexibility index (Phi) is 21.8. The molecular formula is C30H46F4N6O2. The number of ketones is 1. The molecule has 0 saturated carbocycles. The van der Waals surface area contributed by atoms with Gasteiger partial charge in [-0.25, -0.2) is 13.9 Å². The number of carbonyl (C=O) groups excluding carboxylic acids is 1. The number of hydrogen-bond acceptors (Lipinski definition) is 7. The first-order valence-corrected chi connectivity index (χ1v) is 13.5. The molecule has 0 aromatic carbocycles. The highest BCUT2D eigenvalue weighted by atomic mass is 19.4. The summed E-state index contributed by atoms with van der Waals surface area (Å²) in [5.74, 6) is -0.115. The van der Waals surface area contributed by atoms with Gasteiger partial charge < -0.3 is 21.1 Å². The quantitative estimate of drug-likeness (QED) is 0.100. The number of nitrogens with one attached hydrogen (secondary N) is 2. The summed E-state index contributed by atoms with van der Waals surface area (Å²) in [6, 6.07) is 0. The van der Waals surface area contributed by atoms with Gasteiger partial charge in [0.05, 0.1) is 0 Å². The molecule has 236 valence electrons. The predicted molar refractivity (Wildman–Crippen MR) is 163 cm³/mol. The second-order valence-electron chi connectivity index (χ2n) is 8.20. The van der Waals surface area contributed by atoms with Crippen molar-refractivity contribution >= 4 is 17.1 Å². The van der Waals surface area contributed by atoms with Gasteiger partial charge in [-0.15, -0.1) is 0 Å². The van der Waals surface area contributed by atoms with Gasteiger partial charge in [0.1, 0.15) is 17.7 Å². The number of alkyl halides is 3. The molecule has 2 rings (SSSR count). The lowest BCUT2D eigenvalue weighted by Crippen LogP contribution is -2.40. The zero-order valence-corrected chi connectivity index (χ0v) is 25.8. The molecule has 42 heavy (non-hydrogen) atoms. The number of nitrogens with two attached hydrogens (primary N) is 1. The Hall–Kier alpha value is -3.93. The van der Waals surface area contributed by atoms with Crippen molar-refractivity contribution in [1.29, 1.82) is 0 Å². The van der Waals surface area contributed by atoms with Crippen LogP contribution in [0.3, 0.4) is 0 Å². The Labute approximate surface area is 247 Å². The van der Waals surface area contributed by atoms with Gasteiger partial charge in [0.25, 0.3) is 0 Å². The lowest BCUT2D eigenvalue weighted by Gasteiger charge is -2.19. The number of fused-ring (bicyclic) bond motifs is 1. The van der Waals surface area contributed by atoms with Crippen LogP contribution in [0.15, 0.2) is 73.3 Å². The fraction of sp³-hybridized carbons (Fsp3) is 0.433. The summed E-state index contributed by atoms with van der Waals surface area (Å²) in [5, 5.41) is 10.1. The average molecular weight is 599 g/mol. The summed E-state index contributed by atoms with van der Waals surface area (Å²) in [7, 11) is 1.51. The van der Waals surface area contributed by atoms with Crippen molar-refractivity contribution in [2.75, 3.05) is 12.8 Å². The van der Waals surface area contributed by atoms with Gasteiger partial charge in [-0.1, -0.05) is 64.7 Å². The molecular weight excluding hydrogens is 552 g/mol. The van der Waals surface area contributed by atoms with Crippen LogP contribution in [0.25, 0.3) is 5.52 Å². The van der Waals surface area contributed by atoms with Crippen molar-refractivity contribution in [3.8, 4) is 0 Å². The van der Waals surface area contributed by atoms with Crippen molar-refractivity contribution in [2.24, 2.45) is 0 Å². The first-order valence-electron chi connectivity index (χ1n) is 13.5. The number of allylic oxidation sites excluding steroid dienone is 7. The van der Waals surface area contributed by atoms with Crippen molar-refractivity contribution in [3.63, 3.8) is 0 Å². The van der Waals surface area contributed by atoms with Gasteiger partial charge in [0, 0.05) is 37.7 Å². The van der Waals surface area contributed by atoms with Crippen molar-refractivity contribution in [2.45, 2.75) is 80.3 Å². The van der Waals surface area contributed by atoms with E-state index in [4.69, 9.17) is 10.5 Å². The molecule has 1 unspecified atom stereocenters. The van der Waals surface area contributed by atoms with E-state index >= 15 is 0 Å². The van der Waals surface area contributed by atoms with Crippen LogP contribution in [0.5, 0.6) is 0 Å². The molecule has 8 nitrogen and oxygen atoms in total. The number of halogens is 4. The Bertz CT molecular complexity index is 1170. The zero-order chi connectivity index (χ0) is 32.7. The lowest BCUT2D eigenvalue weighted by molar-refractivity contribution is -0.110. The first-order chi connectivity index (χ1) is 19.8. The SMILES string of the molecule is C=C/C=C\CC.CC.CC(F)(F)F.CC/C=C(\C=C/Cc1c(C(C)=O)cn2ncnc(N)c12)NC(N/C=C(/C)F)OC. The molecule has 0 radical (unpaired) electrons. The molecule has 0 saturated heterocycles. The molecule has 2 aromatic heterocycles. The van der Waals surface area contributed by atoms with E-state index in [0.29, 0.717) is 23.3 Å². The Balaban J connectivity index is 0. The highest BCUT2D eigenvalue weighted by Crippen LogP contribution is 2.23. The van der Waals surface area contributed by atoms with Crippen molar-refractivity contribution < 1.29 is 27.1 Å². The number of carbonyl (C=O) groups is 1. The van der Waals surface area contributed by atoms with Crippen LogP contribution in [0, 0.1) is 0 Å². The third-order valence-electron chi connectivity index (χ3n) is 4.60. The van der Waals surface area contributed by atoms with Crippen LogP contribution >= 0.6 is 0 Å². The molecule has 12 heteroatoms. The summed E-state index contributed by atoms with van der Waals surface area (Å²) >= 11 is 0. The summed E-state index contributed by atoms with van der Waals surface area (Å²) in [5.41, 5.74) is 8.72. The van der Waals surface area contributed by atoms with Crippen LogP contribution in [-0.4, -0.2) is 40.0 Å². The van der Waals surface area contributed by atoms with E-state index in [-0.39, 0.29) is 18.5 Å². The van der Waals surface area contributed by atoms with Crippen LogP contribution in [-0.2, 0) is 11.2 Å². The third-order valence-corrected chi connectivity index (χ3v) is 4.60. The molecule has 2 heterocycles. The van der Waals surface area contributed by atoms with Crippen LogP contribution < -0.4 is 16.4 Å². The molecule has 0 aliphatic carbocycles. The largest absolute Gasteiger partial charge is 0.386 e. The molecule has 4 N–H and O–H groups in total. The van der Waals surface area contributed by atoms with Crippen LogP contribution in [0.2, 0.25) is 0 Å². The number of rotatable bonds is 12. The van der Waals surface area contributed by atoms with E-state index in [2.05, 4.69) is 40.3 Å². The van der Waals surface area contributed by atoms with Gasteiger partial charge in [-0.2, -0.15) is 18.3 Å². The Morgan fingerprint density at radius 3 is 2.29 bits per heavy atom. The molecule has 0 fully saturated rings. The van der Waals surface area contributed by atoms with E-state index in [1.807, 2.05) is 45.1 Å². The van der Waals surface area contributed by atoms with Gasteiger partial charge in [-0.05, 0) is 44.7 Å². The normalized spacial score (nSPS) is 12.5. The minimum absolute atomic E-state index is 0.0715. The number of anilines is 1. The van der Waals surface area contributed by atoms with E-state index < -0.39 is 12.5 Å². The highest BCUT2D eigenvalue weighted by Gasteiger charge is 2.17. The monoisotopic (exact) mass is 598 g/mol. The molecule has 0 amide bonds. The molecule has 2 aromatic rings. The van der Waals surface area contributed by atoms with Crippen LogP contribution in [0.1, 0.15) is 77.2 Å². The first kappa shape index (κ1) is 40.2. The number of Topliss-reactive ketones (excluding diaryl/α,β-unsaturated/α-hetero) is 1. The second kappa shape index (κ2) is 22.7. The Morgan fingerprint density at radius 2 is 1.83 bits per heavy atom. The minimum atomic E-state index is -4.00. The van der Waals surface area contributed by atoms with Gasteiger partial charge in [-0.3, -0.25) is 4.79 Å². The maximum absolute atomic E-state index is 12.9. The van der Waals surface area contributed by atoms with Crippen LogP contribution in [0.4, 0.5) is 23.4 Å². The molecule has 0 aliphatic heterocycles. The van der Waals surface area contributed by atoms with E-state index in [9.17, 15) is 22.4 Å². The average Bonchev–Trinajstić information content (AvgIpc) is 3.30.